The molecular weight excluding hydrogens is 654 g/mol. The van der Waals surface area contributed by atoms with Crippen LogP contribution in [0, 0.1) is 5.92 Å². The van der Waals surface area contributed by atoms with E-state index in [0.717, 1.165) is 29.9 Å². The van der Waals surface area contributed by atoms with E-state index < -0.39 is 17.8 Å². The van der Waals surface area contributed by atoms with Gasteiger partial charge in [-0.2, -0.15) is 0 Å². The third-order valence-corrected chi connectivity index (χ3v) is 9.57. The topological polar surface area (TPSA) is 157 Å². The maximum atomic E-state index is 13.0. The summed E-state index contributed by atoms with van der Waals surface area (Å²) in [6.45, 7) is 13.9. The summed E-state index contributed by atoms with van der Waals surface area (Å²) in [5, 5.41) is 22.7. The number of carbonyl (C=O) groups excluding carboxylic acids is 3. The van der Waals surface area contributed by atoms with E-state index in [0.29, 0.717) is 64.5 Å². The lowest BCUT2D eigenvalue weighted by Crippen LogP contribution is -2.49. The van der Waals surface area contributed by atoms with Crippen molar-refractivity contribution >= 4 is 35.4 Å². The molecule has 15 nitrogen and oxygen atoms in total. The fraction of sp³-hybridized carbons (Fsp3) is 0.694. The lowest BCUT2D eigenvalue weighted by Gasteiger charge is -2.36. The first kappa shape index (κ1) is 38.1. The van der Waals surface area contributed by atoms with Crippen molar-refractivity contribution in [3.8, 4) is 0 Å². The fourth-order valence-electron chi connectivity index (χ4n) is 6.74. The summed E-state index contributed by atoms with van der Waals surface area (Å²) in [6, 6.07) is 2.01. The Hall–Kier alpha value is -4.11. The molecule has 3 atom stereocenters. The van der Waals surface area contributed by atoms with Crippen LogP contribution in [0.4, 0.5) is 21.2 Å². The number of carbonyl (C=O) groups is 3. The van der Waals surface area contributed by atoms with Gasteiger partial charge in [0.1, 0.15) is 17.5 Å². The van der Waals surface area contributed by atoms with Crippen LogP contribution in [0.25, 0.3) is 5.65 Å². The molecule has 0 spiro atoms. The number of likely N-dealkylation sites (N-methyl/N-ethyl adjacent to an activating group) is 1. The molecule has 3 fully saturated rings. The molecule has 0 aromatic carbocycles. The molecule has 3 amide bonds. The first-order valence-corrected chi connectivity index (χ1v) is 18.3. The molecule has 5 rings (SSSR count). The van der Waals surface area contributed by atoms with Gasteiger partial charge in [0.05, 0.1) is 19.2 Å². The van der Waals surface area contributed by atoms with Crippen LogP contribution in [0.15, 0.2) is 24.4 Å². The van der Waals surface area contributed by atoms with Gasteiger partial charge in [0.2, 0.25) is 5.91 Å². The highest BCUT2D eigenvalue weighted by Gasteiger charge is 2.34. The maximum absolute atomic E-state index is 13.0. The average molecular weight is 712 g/mol. The summed E-state index contributed by atoms with van der Waals surface area (Å²) < 4.78 is 13.1. The van der Waals surface area contributed by atoms with Crippen molar-refractivity contribution in [1.82, 2.24) is 34.2 Å². The van der Waals surface area contributed by atoms with Gasteiger partial charge in [-0.3, -0.25) is 4.79 Å². The minimum Gasteiger partial charge on any atom is -0.444 e. The number of nitrogens with one attached hydrogen (secondary N) is 2. The summed E-state index contributed by atoms with van der Waals surface area (Å²) >= 11 is 0. The minimum absolute atomic E-state index is 0.0332. The summed E-state index contributed by atoms with van der Waals surface area (Å²) in [5.41, 5.74) is 1.20. The van der Waals surface area contributed by atoms with Gasteiger partial charge in [-0.05, 0) is 66.1 Å². The summed E-state index contributed by atoms with van der Waals surface area (Å²) in [4.78, 5) is 49.9. The number of hydrogen-bond donors (Lipinski definition) is 3. The van der Waals surface area contributed by atoms with E-state index >= 15 is 0 Å². The standard InChI is InChI=1S/C36H57N9O6/c1-24(2)31-32(38-26-11-17-42(18-12-26)34(48)50-27-13-19-43(22-27)30(47)9-8-15-41(6)7)40-45-20-14-29(39-33(31)45)37-21-25-10-16-44(23-28(25)46)35(49)51-36(3,4)5/h8-9,14,20,24-28,46H,10-13,15-19,21-23H2,1-7H3,(H,37,39)(H,38,40)/b9-8+/t25?,27-,28?/m1/s1. The number of amides is 3. The van der Waals surface area contributed by atoms with Crippen molar-refractivity contribution in [2.75, 3.05) is 77.1 Å². The van der Waals surface area contributed by atoms with E-state index in [-0.39, 0.29) is 42.5 Å². The van der Waals surface area contributed by atoms with Crippen molar-refractivity contribution in [1.29, 1.82) is 0 Å². The number of hydrogen-bond acceptors (Lipinski definition) is 11. The predicted octanol–water partition coefficient (Wildman–Crippen LogP) is 3.61. The van der Waals surface area contributed by atoms with Crippen molar-refractivity contribution < 1.29 is 29.0 Å². The zero-order chi connectivity index (χ0) is 36.9. The first-order chi connectivity index (χ1) is 24.2. The number of nitrogens with zero attached hydrogens (tertiary/aromatic N) is 7. The fourth-order valence-corrected chi connectivity index (χ4v) is 6.74. The van der Waals surface area contributed by atoms with E-state index in [1.54, 1.807) is 25.3 Å². The molecular formula is C36H57N9O6. The summed E-state index contributed by atoms with van der Waals surface area (Å²) in [6.07, 6.45) is 6.45. The van der Waals surface area contributed by atoms with Crippen molar-refractivity contribution in [2.45, 2.75) is 90.1 Å². The maximum Gasteiger partial charge on any atom is 0.410 e. The second kappa shape index (κ2) is 16.5. The highest BCUT2D eigenvalue weighted by molar-refractivity contribution is 5.87. The van der Waals surface area contributed by atoms with Gasteiger partial charge in [-0.15, -0.1) is 5.10 Å². The third kappa shape index (κ3) is 10.2. The van der Waals surface area contributed by atoms with Crippen LogP contribution < -0.4 is 10.6 Å². The van der Waals surface area contributed by atoms with E-state index in [2.05, 4.69) is 24.5 Å². The number of fused-ring (bicyclic) bond motifs is 1. The molecule has 0 radical (unpaired) electrons. The van der Waals surface area contributed by atoms with Gasteiger partial charge in [0.15, 0.2) is 11.5 Å². The van der Waals surface area contributed by atoms with Gasteiger partial charge in [-0.25, -0.2) is 19.1 Å². The van der Waals surface area contributed by atoms with E-state index in [1.165, 1.54) is 0 Å². The number of aliphatic hydroxyl groups excluding tert-OH is 1. The average Bonchev–Trinajstić information content (AvgIpc) is 3.67. The molecule has 2 aromatic heterocycles. The predicted molar refractivity (Wildman–Crippen MR) is 195 cm³/mol. The van der Waals surface area contributed by atoms with Crippen molar-refractivity contribution in [3.63, 3.8) is 0 Å². The largest absolute Gasteiger partial charge is 0.444 e. The van der Waals surface area contributed by atoms with Gasteiger partial charge < -0.3 is 44.8 Å². The Morgan fingerprint density at radius 1 is 1.02 bits per heavy atom. The Morgan fingerprint density at radius 2 is 1.73 bits per heavy atom. The highest BCUT2D eigenvalue weighted by atomic mass is 16.6. The Balaban J connectivity index is 1.11. The molecule has 3 aliphatic heterocycles. The smallest absolute Gasteiger partial charge is 0.410 e. The number of anilines is 2. The second-order valence-corrected chi connectivity index (χ2v) is 15.6. The van der Waals surface area contributed by atoms with Crippen LogP contribution in [0.3, 0.4) is 0 Å². The molecule has 51 heavy (non-hydrogen) atoms. The van der Waals surface area contributed by atoms with Crippen LogP contribution in [0.1, 0.15) is 71.8 Å². The molecule has 0 bridgehead atoms. The second-order valence-electron chi connectivity index (χ2n) is 15.6. The molecule has 0 aliphatic carbocycles. The van der Waals surface area contributed by atoms with Crippen molar-refractivity contribution in [2.24, 2.45) is 5.92 Å². The van der Waals surface area contributed by atoms with Crippen LogP contribution in [-0.4, -0.2) is 148 Å². The van der Waals surface area contributed by atoms with Crippen LogP contribution in [0.2, 0.25) is 0 Å². The van der Waals surface area contributed by atoms with Crippen LogP contribution in [0.5, 0.6) is 0 Å². The SMILES string of the molecule is CC(C)c1c(NC2CCN(C(=O)O[C@@H]3CCN(C(=O)/C=C/CN(C)C)C3)CC2)nn2ccc(NCC3CCN(C(=O)OC(C)(C)C)CC3O)nc12. The van der Waals surface area contributed by atoms with Gasteiger partial charge >= 0.3 is 12.2 Å². The zero-order valence-electron chi connectivity index (χ0n) is 31.3. The Bertz CT molecular complexity index is 1550. The molecule has 3 aliphatic rings. The molecule has 282 valence electrons. The van der Waals surface area contributed by atoms with E-state index in [1.807, 2.05) is 58.1 Å². The number of aromatic nitrogens is 3. The zero-order valence-corrected chi connectivity index (χ0v) is 31.3. The lowest BCUT2D eigenvalue weighted by atomic mass is 9.94. The summed E-state index contributed by atoms with van der Waals surface area (Å²) in [5.74, 6) is 1.56. The number of likely N-dealkylation sites (tertiary alicyclic amines) is 3. The Kier molecular flexibility index (Phi) is 12.3. The monoisotopic (exact) mass is 711 g/mol. The van der Waals surface area contributed by atoms with Gasteiger partial charge in [-0.1, -0.05) is 19.9 Å². The quantitative estimate of drug-likeness (QED) is 0.310. The number of piperidine rings is 2. The van der Waals surface area contributed by atoms with Gasteiger partial charge in [0.25, 0.3) is 0 Å². The Morgan fingerprint density at radius 3 is 2.39 bits per heavy atom. The molecule has 0 saturated carbocycles. The van der Waals surface area contributed by atoms with E-state index in [4.69, 9.17) is 19.6 Å². The van der Waals surface area contributed by atoms with Crippen molar-refractivity contribution in [3.05, 3.63) is 30.0 Å². The number of rotatable bonds is 10. The minimum atomic E-state index is -0.669. The Labute approximate surface area is 301 Å². The van der Waals surface area contributed by atoms with Crippen LogP contribution in [-0.2, 0) is 14.3 Å². The number of β-amino-alcohol motifs (C(OH)–C–C–N with tert-alkyl or cyclic N) is 1. The third-order valence-electron chi connectivity index (χ3n) is 9.57. The highest BCUT2D eigenvalue weighted by Crippen LogP contribution is 2.30. The molecule has 15 heteroatoms. The molecule has 3 saturated heterocycles. The summed E-state index contributed by atoms with van der Waals surface area (Å²) in [7, 11) is 3.90. The van der Waals surface area contributed by atoms with E-state index in [9.17, 15) is 19.5 Å². The molecule has 5 heterocycles. The molecule has 3 N–H and O–H groups in total. The normalized spacial score (nSPS) is 22.0. The molecule has 2 aromatic rings. The van der Waals surface area contributed by atoms with Gasteiger partial charge in [0, 0.05) is 75.5 Å². The number of aliphatic hydroxyl groups is 1. The first-order valence-electron chi connectivity index (χ1n) is 18.3. The number of ether oxygens (including phenoxy) is 2. The molecule has 2 unspecified atom stereocenters. The van der Waals surface area contributed by atoms with Crippen LogP contribution >= 0.6 is 0 Å². The lowest BCUT2D eigenvalue weighted by molar-refractivity contribution is -0.125.